The molecule has 57 heavy (non-hydrogen) atoms. The lowest BCUT2D eigenvalue weighted by molar-refractivity contribution is 0.769. The summed E-state index contributed by atoms with van der Waals surface area (Å²) in [6.07, 6.45) is 0. The van der Waals surface area contributed by atoms with Gasteiger partial charge in [-0.15, -0.1) is 0 Å². The maximum Gasteiger partial charge on any atom is 0.164 e. The van der Waals surface area contributed by atoms with E-state index in [0.717, 1.165) is 22.1 Å². The first kappa shape index (κ1) is 32.9. The standard InChI is InChI=1S/C54H35N3/c1-5-15-38(16-6-1)51-55-52(39-17-7-2-8-18-39)57-53(56-51)42-30-28-37-26-25-36-27-29-40(33-47(36)48(37)34-42)41-31-32-46-45-23-13-14-24-49(45)54(50(46)35-41,43-19-9-3-10-20-43)44-21-11-4-12-22-44/h1-35H. The summed E-state index contributed by atoms with van der Waals surface area (Å²) in [7, 11) is 0. The van der Waals surface area contributed by atoms with Crippen molar-refractivity contribution in [2.45, 2.75) is 5.41 Å². The second kappa shape index (κ2) is 13.4. The molecule has 0 aliphatic heterocycles. The topological polar surface area (TPSA) is 38.7 Å². The van der Waals surface area contributed by atoms with E-state index in [1.807, 2.05) is 60.7 Å². The molecule has 0 unspecified atom stereocenters. The first-order valence-corrected chi connectivity index (χ1v) is 19.4. The van der Waals surface area contributed by atoms with Crippen molar-refractivity contribution in [3.05, 3.63) is 235 Å². The fraction of sp³-hybridized carbons (Fsp3) is 0.0185. The van der Waals surface area contributed by atoms with Crippen LogP contribution in [-0.4, -0.2) is 15.0 Å². The van der Waals surface area contributed by atoms with Crippen molar-refractivity contribution in [2.75, 3.05) is 0 Å². The van der Waals surface area contributed by atoms with Crippen molar-refractivity contribution in [3.8, 4) is 56.4 Å². The molecular weight excluding hydrogens is 691 g/mol. The molecule has 1 aliphatic carbocycles. The van der Waals surface area contributed by atoms with Crippen LogP contribution in [0.3, 0.4) is 0 Å². The lowest BCUT2D eigenvalue weighted by Gasteiger charge is -2.34. The Morgan fingerprint density at radius 1 is 0.281 bits per heavy atom. The van der Waals surface area contributed by atoms with E-state index in [9.17, 15) is 0 Å². The molecule has 10 aromatic rings. The first-order valence-electron chi connectivity index (χ1n) is 19.4. The Morgan fingerprint density at radius 2 is 0.684 bits per heavy atom. The van der Waals surface area contributed by atoms with E-state index < -0.39 is 5.41 Å². The summed E-state index contributed by atoms with van der Waals surface area (Å²) in [5.41, 5.74) is 12.5. The number of benzene rings is 9. The van der Waals surface area contributed by atoms with Gasteiger partial charge < -0.3 is 0 Å². The van der Waals surface area contributed by atoms with E-state index in [1.54, 1.807) is 0 Å². The molecule has 0 amide bonds. The molecule has 0 fully saturated rings. The number of hydrogen-bond acceptors (Lipinski definition) is 3. The summed E-state index contributed by atoms with van der Waals surface area (Å²) in [6, 6.07) is 76.1. The van der Waals surface area contributed by atoms with Crippen LogP contribution in [0.5, 0.6) is 0 Å². The van der Waals surface area contributed by atoms with Gasteiger partial charge in [0.2, 0.25) is 0 Å². The van der Waals surface area contributed by atoms with Gasteiger partial charge in [-0.1, -0.05) is 194 Å². The van der Waals surface area contributed by atoms with Crippen molar-refractivity contribution < 1.29 is 0 Å². The predicted octanol–water partition coefficient (Wildman–Crippen LogP) is 13.2. The summed E-state index contributed by atoms with van der Waals surface area (Å²) in [5.74, 6) is 1.95. The van der Waals surface area contributed by atoms with E-state index in [0.29, 0.717) is 17.5 Å². The normalized spacial score (nSPS) is 12.7. The van der Waals surface area contributed by atoms with Crippen LogP contribution in [0.4, 0.5) is 0 Å². The molecular formula is C54H35N3. The highest BCUT2D eigenvalue weighted by Crippen LogP contribution is 2.56. The fourth-order valence-electron chi connectivity index (χ4n) is 8.93. The molecule has 1 heterocycles. The Bertz CT molecular complexity index is 3010. The van der Waals surface area contributed by atoms with Crippen LogP contribution in [0.2, 0.25) is 0 Å². The molecule has 1 aliphatic rings. The smallest absolute Gasteiger partial charge is 0.164 e. The third-order valence-electron chi connectivity index (χ3n) is 11.6. The van der Waals surface area contributed by atoms with Gasteiger partial charge in [-0.25, -0.2) is 15.0 Å². The molecule has 0 atom stereocenters. The van der Waals surface area contributed by atoms with Gasteiger partial charge in [0.1, 0.15) is 0 Å². The van der Waals surface area contributed by atoms with Gasteiger partial charge in [-0.05, 0) is 84.3 Å². The Hall–Kier alpha value is -7.49. The molecule has 0 N–H and O–H groups in total. The van der Waals surface area contributed by atoms with Crippen molar-refractivity contribution in [1.29, 1.82) is 0 Å². The molecule has 0 spiro atoms. The first-order chi connectivity index (χ1) is 28.2. The summed E-state index contributed by atoms with van der Waals surface area (Å²) >= 11 is 0. The van der Waals surface area contributed by atoms with Crippen molar-refractivity contribution in [3.63, 3.8) is 0 Å². The maximum absolute atomic E-state index is 5.04. The van der Waals surface area contributed by atoms with Crippen LogP contribution in [-0.2, 0) is 5.41 Å². The highest BCUT2D eigenvalue weighted by atomic mass is 15.0. The van der Waals surface area contributed by atoms with Gasteiger partial charge >= 0.3 is 0 Å². The van der Waals surface area contributed by atoms with Crippen molar-refractivity contribution in [1.82, 2.24) is 15.0 Å². The summed E-state index contributed by atoms with van der Waals surface area (Å²) in [6.45, 7) is 0. The third-order valence-corrected chi connectivity index (χ3v) is 11.6. The lowest BCUT2D eigenvalue weighted by atomic mass is 9.67. The van der Waals surface area contributed by atoms with E-state index in [1.165, 1.54) is 60.7 Å². The van der Waals surface area contributed by atoms with Gasteiger partial charge in [0.15, 0.2) is 17.5 Å². The second-order valence-corrected chi connectivity index (χ2v) is 14.8. The number of rotatable bonds is 6. The Labute approximate surface area is 331 Å². The van der Waals surface area contributed by atoms with Gasteiger partial charge in [-0.2, -0.15) is 0 Å². The minimum atomic E-state index is -0.454. The third kappa shape index (κ3) is 5.39. The van der Waals surface area contributed by atoms with E-state index >= 15 is 0 Å². The molecule has 9 aromatic carbocycles. The monoisotopic (exact) mass is 725 g/mol. The largest absolute Gasteiger partial charge is 0.208 e. The van der Waals surface area contributed by atoms with Crippen molar-refractivity contribution >= 4 is 21.5 Å². The van der Waals surface area contributed by atoms with Gasteiger partial charge in [-0.3, -0.25) is 0 Å². The number of fused-ring (bicyclic) bond motifs is 6. The summed E-state index contributed by atoms with van der Waals surface area (Å²) < 4.78 is 0. The summed E-state index contributed by atoms with van der Waals surface area (Å²) in [4.78, 5) is 15.0. The number of nitrogens with zero attached hydrogens (tertiary/aromatic N) is 3. The Morgan fingerprint density at radius 3 is 1.26 bits per heavy atom. The van der Waals surface area contributed by atoms with Crippen LogP contribution in [0.1, 0.15) is 22.3 Å². The highest BCUT2D eigenvalue weighted by Gasteiger charge is 2.46. The Balaban J connectivity index is 1.09. The van der Waals surface area contributed by atoms with E-state index in [-0.39, 0.29) is 0 Å². The van der Waals surface area contributed by atoms with Crippen LogP contribution in [0, 0.1) is 0 Å². The van der Waals surface area contributed by atoms with E-state index in [4.69, 9.17) is 15.0 Å². The molecule has 0 radical (unpaired) electrons. The molecule has 3 nitrogen and oxygen atoms in total. The lowest BCUT2D eigenvalue weighted by Crippen LogP contribution is -2.28. The van der Waals surface area contributed by atoms with Crippen LogP contribution >= 0.6 is 0 Å². The average molecular weight is 726 g/mol. The summed E-state index contributed by atoms with van der Waals surface area (Å²) in [5, 5.41) is 4.70. The van der Waals surface area contributed by atoms with Crippen LogP contribution < -0.4 is 0 Å². The van der Waals surface area contributed by atoms with Gasteiger partial charge in [0.05, 0.1) is 5.41 Å². The molecule has 0 saturated heterocycles. The van der Waals surface area contributed by atoms with E-state index in [2.05, 4.69) is 152 Å². The zero-order valence-electron chi connectivity index (χ0n) is 31.0. The molecule has 1 aromatic heterocycles. The second-order valence-electron chi connectivity index (χ2n) is 14.8. The number of hydrogen-bond donors (Lipinski definition) is 0. The molecule has 266 valence electrons. The average Bonchev–Trinajstić information content (AvgIpc) is 3.60. The molecule has 0 saturated carbocycles. The van der Waals surface area contributed by atoms with Crippen LogP contribution in [0.15, 0.2) is 212 Å². The fourth-order valence-corrected chi connectivity index (χ4v) is 8.93. The quantitative estimate of drug-likeness (QED) is 0.160. The van der Waals surface area contributed by atoms with Gasteiger partial charge in [0.25, 0.3) is 0 Å². The molecule has 11 rings (SSSR count). The minimum Gasteiger partial charge on any atom is -0.208 e. The molecule has 0 bridgehead atoms. The highest BCUT2D eigenvalue weighted by molar-refractivity contribution is 6.10. The zero-order chi connectivity index (χ0) is 37.8. The van der Waals surface area contributed by atoms with Crippen molar-refractivity contribution in [2.24, 2.45) is 0 Å². The van der Waals surface area contributed by atoms with Crippen LogP contribution in [0.25, 0.3) is 78.0 Å². The Kier molecular flexibility index (Phi) is 7.71. The molecule has 3 heteroatoms. The zero-order valence-corrected chi connectivity index (χ0v) is 31.0. The maximum atomic E-state index is 5.04. The minimum absolute atomic E-state index is 0.454. The number of aromatic nitrogens is 3. The van der Waals surface area contributed by atoms with Gasteiger partial charge in [0, 0.05) is 16.7 Å². The SMILES string of the molecule is c1ccc(-c2nc(-c3ccccc3)nc(-c3ccc4ccc5ccc(-c6ccc7c(c6)C(c6ccccc6)(c6ccccc6)c6ccccc6-7)cc5c4c3)n2)cc1. The predicted molar refractivity (Wildman–Crippen MR) is 234 cm³/mol.